The zero-order valence-corrected chi connectivity index (χ0v) is 16.0. The van der Waals surface area contributed by atoms with Crippen molar-refractivity contribution >= 4 is 34.8 Å². The van der Waals surface area contributed by atoms with E-state index >= 15 is 0 Å². The van der Waals surface area contributed by atoms with Crippen LogP contribution in [0.5, 0.6) is 0 Å². The second-order valence-corrected chi connectivity index (χ2v) is 7.28. The van der Waals surface area contributed by atoms with Crippen LogP contribution in [0.25, 0.3) is 23.2 Å². The Labute approximate surface area is 168 Å². The highest BCUT2D eigenvalue weighted by Crippen LogP contribution is 2.36. The molecule has 1 aliphatic heterocycles. The monoisotopic (exact) mass is 380 g/mol. The number of anilines is 2. The lowest BCUT2D eigenvalue weighted by atomic mass is 10.1. The summed E-state index contributed by atoms with van der Waals surface area (Å²) in [6.07, 6.45) is 6.54. The van der Waals surface area contributed by atoms with Crippen LogP contribution in [-0.4, -0.2) is 21.0 Å². The minimum absolute atomic E-state index is 0.178. The van der Waals surface area contributed by atoms with Crippen molar-refractivity contribution in [1.82, 2.24) is 15.0 Å². The predicted octanol–water partition coefficient (Wildman–Crippen LogP) is 4.57. The Balaban J connectivity index is 1.60. The first kappa shape index (κ1) is 17.4. The second-order valence-electron chi connectivity index (χ2n) is 7.28. The van der Waals surface area contributed by atoms with E-state index in [1.165, 1.54) is 5.56 Å². The average Bonchev–Trinajstić information content (AvgIpc) is 3.08. The van der Waals surface area contributed by atoms with Crippen molar-refractivity contribution in [1.29, 1.82) is 0 Å². The number of nitrogens with one attached hydrogen (secondary N) is 1. The zero-order chi connectivity index (χ0) is 19.8. The Kier molecular flexibility index (Phi) is 4.21. The number of para-hydroxylation sites is 1. The van der Waals surface area contributed by atoms with Crippen LogP contribution in [0, 0.1) is 0 Å². The summed E-state index contributed by atoms with van der Waals surface area (Å²) in [5.74, 6) is 0.539. The standard InChI is InChI=1S/C24H20N4O/c1-16-15-19-9-5-6-10-20(19)28(16)24-26-22-21(23(29)27-24)18(13-14-25-22)12-11-17-7-3-2-4-8-17/h2-14,16H,15H2,1H3,(H,25,26,27,29)/b12-11+/t16-/m1/s1. The molecule has 142 valence electrons. The number of nitrogens with zero attached hydrogens (tertiary/aromatic N) is 3. The molecule has 1 N–H and O–H groups in total. The van der Waals surface area contributed by atoms with E-state index in [0.29, 0.717) is 17.0 Å². The molecule has 1 atom stereocenters. The summed E-state index contributed by atoms with van der Waals surface area (Å²) in [7, 11) is 0. The number of pyridine rings is 1. The van der Waals surface area contributed by atoms with Gasteiger partial charge in [0.15, 0.2) is 5.65 Å². The van der Waals surface area contributed by atoms with E-state index in [4.69, 9.17) is 4.98 Å². The maximum atomic E-state index is 13.0. The van der Waals surface area contributed by atoms with E-state index in [2.05, 4.69) is 33.9 Å². The summed E-state index contributed by atoms with van der Waals surface area (Å²) in [5, 5.41) is 0.503. The number of fused-ring (bicyclic) bond motifs is 2. The SMILES string of the molecule is C[C@@H]1Cc2ccccc2N1c1nc2nccc(/C=C/c3ccccc3)c2c(=O)[nH]1. The fraction of sp³-hybridized carbons (Fsp3) is 0.125. The van der Waals surface area contributed by atoms with E-state index in [1.807, 2.05) is 60.7 Å². The first-order valence-corrected chi connectivity index (χ1v) is 9.70. The largest absolute Gasteiger partial charge is 0.309 e. The topological polar surface area (TPSA) is 61.9 Å². The zero-order valence-electron chi connectivity index (χ0n) is 16.0. The van der Waals surface area contributed by atoms with Crippen molar-refractivity contribution in [2.75, 3.05) is 4.90 Å². The van der Waals surface area contributed by atoms with Gasteiger partial charge in [-0.2, -0.15) is 4.98 Å². The number of benzene rings is 2. The summed E-state index contributed by atoms with van der Waals surface area (Å²) in [4.78, 5) is 27.2. The van der Waals surface area contributed by atoms with Gasteiger partial charge in [-0.05, 0) is 42.2 Å². The third-order valence-electron chi connectivity index (χ3n) is 5.32. The van der Waals surface area contributed by atoms with Crippen LogP contribution in [0.4, 0.5) is 11.6 Å². The number of aromatic amines is 1. The lowest BCUT2D eigenvalue weighted by molar-refractivity contribution is 0.740. The number of aromatic nitrogens is 3. The van der Waals surface area contributed by atoms with Crippen LogP contribution in [0.2, 0.25) is 0 Å². The average molecular weight is 380 g/mol. The van der Waals surface area contributed by atoms with Crippen molar-refractivity contribution in [2.24, 2.45) is 0 Å². The molecule has 0 bridgehead atoms. The van der Waals surface area contributed by atoms with Gasteiger partial charge in [0.2, 0.25) is 5.95 Å². The Morgan fingerprint density at radius 3 is 2.69 bits per heavy atom. The summed E-state index contributed by atoms with van der Waals surface area (Å²) in [5.41, 5.74) is 4.49. The Hall–Kier alpha value is -3.73. The van der Waals surface area contributed by atoms with E-state index in [0.717, 1.165) is 23.2 Å². The van der Waals surface area contributed by atoms with Gasteiger partial charge >= 0.3 is 0 Å². The van der Waals surface area contributed by atoms with Crippen molar-refractivity contribution in [3.8, 4) is 0 Å². The highest BCUT2D eigenvalue weighted by molar-refractivity contribution is 5.88. The summed E-state index contributed by atoms with van der Waals surface area (Å²) in [6, 6.07) is 20.3. The number of hydrogen-bond acceptors (Lipinski definition) is 4. The maximum absolute atomic E-state index is 13.0. The number of rotatable bonds is 3. The maximum Gasteiger partial charge on any atom is 0.262 e. The van der Waals surface area contributed by atoms with Gasteiger partial charge in [-0.1, -0.05) is 60.7 Å². The van der Waals surface area contributed by atoms with E-state index < -0.39 is 0 Å². The third-order valence-corrected chi connectivity index (χ3v) is 5.32. The summed E-state index contributed by atoms with van der Waals surface area (Å²) in [6.45, 7) is 2.14. The van der Waals surface area contributed by atoms with Gasteiger partial charge in [0.1, 0.15) is 0 Å². The fourth-order valence-corrected chi connectivity index (χ4v) is 3.97. The molecule has 0 saturated heterocycles. The normalized spacial score (nSPS) is 15.9. The molecule has 29 heavy (non-hydrogen) atoms. The molecule has 0 fully saturated rings. The lowest BCUT2D eigenvalue weighted by Gasteiger charge is -2.23. The molecule has 0 amide bonds. The molecule has 0 aliphatic carbocycles. The van der Waals surface area contributed by atoms with E-state index in [-0.39, 0.29) is 11.6 Å². The second kappa shape index (κ2) is 7.02. The number of hydrogen-bond donors (Lipinski definition) is 1. The van der Waals surface area contributed by atoms with Gasteiger partial charge in [0.25, 0.3) is 5.56 Å². The molecule has 3 heterocycles. The van der Waals surface area contributed by atoms with Crippen molar-refractivity contribution < 1.29 is 0 Å². The highest BCUT2D eigenvalue weighted by Gasteiger charge is 2.28. The molecular weight excluding hydrogens is 360 g/mol. The minimum Gasteiger partial charge on any atom is -0.309 e. The van der Waals surface area contributed by atoms with Gasteiger partial charge in [-0.25, -0.2) is 4.98 Å². The van der Waals surface area contributed by atoms with Gasteiger partial charge < -0.3 is 4.90 Å². The molecule has 2 aromatic carbocycles. The molecule has 0 radical (unpaired) electrons. The molecule has 5 rings (SSSR count). The molecule has 1 aliphatic rings. The van der Waals surface area contributed by atoms with E-state index in [1.54, 1.807) is 6.20 Å². The first-order chi connectivity index (χ1) is 14.2. The third kappa shape index (κ3) is 3.10. The molecular formula is C24H20N4O. The molecule has 4 aromatic rings. The fourth-order valence-electron chi connectivity index (χ4n) is 3.97. The van der Waals surface area contributed by atoms with Crippen molar-refractivity contribution in [3.63, 3.8) is 0 Å². The van der Waals surface area contributed by atoms with Gasteiger partial charge in [-0.3, -0.25) is 9.78 Å². The smallest absolute Gasteiger partial charge is 0.262 e. The molecule has 5 heteroatoms. The van der Waals surface area contributed by atoms with Crippen LogP contribution in [0.3, 0.4) is 0 Å². The van der Waals surface area contributed by atoms with Crippen LogP contribution in [0.1, 0.15) is 23.6 Å². The first-order valence-electron chi connectivity index (χ1n) is 9.70. The quantitative estimate of drug-likeness (QED) is 0.565. The van der Waals surface area contributed by atoms with Gasteiger partial charge in [-0.15, -0.1) is 0 Å². The van der Waals surface area contributed by atoms with Crippen molar-refractivity contribution in [3.05, 3.63) is 93.9 Å². The van der Waals surface area contributed by atoms with Gasteiger partial charge in [0, 0.05) is 17.9 Å². The molecule has 5 nitrogen and oxygen atoms in total. The summed E-state index contributed by atoms with van der Waals surface area (Å²) < 4.78 is 0. The summed E-state index contributed by atoms with van der Waals surface area (Å²) >= 11 is 0. The Morgan fingerprint density at radius 2 is 1.83 bits per heavy atom. The van der Waals surface area contributed by atoms with Crippen LogP contribution in [-0.2, 0) is 6.42 Å². The molecule has 0 unspecified atom stereocenters. The van der Waals surface area contributed by atoms with E-state index in [9.17, 15) is 4.79 Å². The van der Waals surface area contributed by atoms with Crippen molar-refractivity contribution in [2.45, 2.75) is 19.4 Å². The highest BCUT2D eigenvalue weighted by atomic mass is 16.1. The molecule has 0 spiro atoms. The Bertz CT molecular complexity index is 1280. The van der Waals surface area contributed by atoms with Crippen LogP contribution >= 0.6 is 0 Å². The van der Waals surface area contributed by atoms with Crippen LogP contribution in [0.15, 0.2) is 71.7 Å². The van der Waals surface area contributed by atoms with Crippen LogP contribution < -0.4 is 10.5 Å². The number of H-pyrrole nitrogens is 1. The Morgan fingerprint density at radius 1 is 1.03 bits per heavy atom. The predicted molar refractivity (Wildman–Crippen MR) is 117 cm³/mol. The molecule has 2 aromatic heterocycles. The van der Waals surface area contributed by atoms with Gasteiger partial charge in [0.05, 0.1) is 5.39 Å². The molecule has 0 saturated carbocycles. The minimum atomic E-state index is -0.178. The lowest BCUT2D eigenvalue weighted by Crippen LogP contribution is -2.28.